The minimum atomic E-state index is -0.892. The molecule has 8 heteroatoms. The molecule has 0 saturated heterocycles. The van der Waals surface area contributed by atoms with Crippen molar-refractivity contribution in [3.63, 3.8) is 0 Å². The fourth-order valence-electron chi connectivity index (χ4n) is 3.73. The first-order valence-electron chi connectivity index (χ1n) is 11.0. The molecule has 1 heterocycles. The number of hydrogen-bond acceptors (Lipinski definition) is 4. The number of nitrogens with one attached hydrogen (secondary N) is 1. The van der Waals surface area contributed by atoms with Crippen LogP contribution in [-0.2, 0) is 4.79 Å². The van der Waals surface area contributed by atoms with Gasteiger partial charge in [-0.1, -0.05) is 24.3 Å². The van der Waals surface area contributed by atoms with Gasteiger partial charge in [0, 0.05) is 17.5 Å². The molecule has 0 aliphatic heterocycles. The maximum absolute atomic E-state index is 13.9. The molecule has 2 amide bonds. The van der Waals surface area contributed by atoms with Crippen molar-refractivity contribution in [3.8, 4) is 17.0 Å². The molecule has 0 saturated carbocycles. The zero-order valence-corrected chi connectivity index (χ0v) is 19.2. The molecule has 1 N–H and O–H groups in total. The van der Waals surface area contributed by atoms with E-state index in [0.717, 1.165) is 17.7 Å². The van der Waals surface area contributed by atoms with E-state index in [1.807, 2.05) is 24.3 Å². The summed E-state index contributed by atoms with van der Waals surface area (Å²) >= 11 is 0. The van der Waals surface area contributed by atoms with Crippen molar-refractivity contribution < 1.29 is 23.1 Å². The van der Waals surface area contributed by atoms with E-state index in [0.29, 0.717) is 27.9 Å². The van der Waals surface area contributed by atoms with Crippen LogP contribution in [-0.4, -0.2) is 41.9 Å². The third-order valence-corrected chi connectivity index (χ3v) is 5.56. The molecular weight excluding hydrogens is 452 g/mol. The Morgan fingerprint density at radius 1 is 0.971 bits per heavy atom. The van der Waals surface area contributed by atoms with Crippen LogP contribution in [0.2, 0.25) is 0 Å². The number of rotatable bonds is 7. The fourth-order valence-corrected chi connectivity index (χ4v) is 3.73. The van der Waals surface area contributed by atoms with Gasteiger partial charge in [-0.2, -0.15) is 0 Å². The Bertz CT molecular complexity index is 1370. The Labute approximate surface area is 201 Å². The van der Waals surface area contributed by atoms with Crippen molar-refractivity contribution in [2.24, 2.45) is 0 Å². The number of benzene rings is 3. The smallest absolute Gasteiger partial charge is 0.255 e. The first-order chi connectivity index (χ1) is 16.9. The van der Waals surface area contributed by atoms with Gasteiger partial charge in [-0.25, -0.2) is 13.8 Å². The van der Waals surface area contributed by atoms with Crippen LogP contribution in [0.4, 0.5) is 14.5 Å². The lowest BCUT2D eigenvalue weighted by Crippen LogP contribution is -2.38. The summed E-state index contributed by atoms with van der Waals surface area (Å²) in [5.74, 6) is -2.20. The van der Waals surface area contributed by atoms with Crippen molar-refractivity contribution in [2.45, 2.75) is 6.92 Å². The average molecular weight is 475 g/mol. The molecule has 0 aliphatic carbocycles. The molecule has 0 spiro atoms. The number of likely N-dealkylation sites (N-methyl/N-ethyl adjacent to an activating group) is 1. The predicted molar refractivity (Wildman–Crippen MR) is 130 cm³/mol. The average Bonchev–Trinajstić information content (AvgIpc) is 2.88. The van der Waals surface area contributed by atoms with E-state index in [1.165, 1.54) is 11.0 Å². The van der Waals surface area contributed by atoms with E-state index in [1.54, 1.807) is 44.4 Å². The van der Waals surface area contributed by atoms with Gasteiger partial charge in [0.1, 0.15) is 29.6 Å². The van der Waals surface area contributed by atoms with Crippen LogP contribution in [0.25, 0.3) is 22.2 Å². The van der Waals surface area contributed by atoms with Crippen molar-refractivity contribution in [1.29, 1.82) is 0 Å². The molecule has 35 heavy (non-hydrogen) atoms. The Kier molecular flexibility index (Phi) is 7.01. The molecule has 0 bridgehead atoms. The van der Waals surface area contributed by atoms with E-state index in [2.05, 4.69) is 5.32 Å². The third kappa shape index (κ3) is 5.11. The number of nitrogens with zero attached hydrogens (tertiary/aromatic N) is 2. The summed E-state index contributed by atoms with van der Waals surface area (Å²) < 4.78 is 33.1. The molecule has 178 valence electrons. The van der Waals surface area contributed by atoms with Crippen LogP contribution < -0.4 is 10.1 Å². The molecule has 0 fully saturated rings. The number of hydrogen-bond donors (Lipinski definition) is 1. The quantitative estimate of drug-likeness (QED) is 0.394. The number of amides is 2. The zero-order valence-electron chi connectivity index (χ0n) is 19.2. The van der Waals surface area contributed by atoms with E-state index < -0.39 is 29.1 Å². The second kappa shape index (κ2) is 10.3. The second-order valence-electron chi connectivity index (χ2n) is 7.76. The molecule has 0 unspecified atom stereocenters. The summed E-state index contributed by atoms with van der Waals surface area (Å²) in [5, 5.41) is 2.86. The van der Waals surface area contributed by atoms with Gasteiger partial charge in [-0.15, -0.1) is 0 Å². The highest BCUT2D eigenvalue weighted by atomic mass is 19.1. The highest BCUT2D eigenvalue weighted by Crippen LogP contribution is 2.27. The van der Waals surface area contributed by atoms with Gasteiger partial charge in [-0.05, 0) is 55.5 Å². The minimum Gasteiger partial charge on any atom is -0.497 e. The van der Waals surface area contributed by atoms with Gasteiger partial charge in [0.05, 0.1) is 23.9 Å². The van der Waals surface area contributed by atoms with E-state index in [9.17, 15) is 18.4 Å². The van der Waals surface area contributed by atoms with Crippen LogP contribution in [0, 0.1) is 11.6 Å². The highest BCUT2D eigenvalue weighted by molar-refractivity contribution is 6.08. The van der Waals surface area contributed by atoms with Gasteiger partial charge in [0.2, 0.25) is 5.91 Å². The summed E-state index contributed by atoms with van der Waals surface area (Å²) in [6, 6.07) is 19.5. The van der Waals surface area contributed by atoms with E-state index >= 15 is 0 Å². The number of pyridine rings is 1. The van der Waals surface area contributed by atoms with E-state index in [4.69, 9.17) is 9.72 Å². The van der Waals surface area contributed by atoms with E-state index in [-0.39, 0.29) is 13.1 Å². The molecule has 4 rings (SSSR count). The van der Waals surface area contributed by atoms with Gasteiger partial charge >= 0.3 is 0 Å². The highest BCUT2D eigenvalue weighted by Gasteiger charge is 2.22. The zero-order chi connectivity index (χ0) is 24.9. The molecule has 4 aromatic rings. The summed E-state index contributed by atoms with van der Waals surface area (Å²) in [6.07, 6.45) is 0. The summed E-state index contributed by atoms with van der Waals surface area (Å²) in [6.45, 7) is 1.56. The number of anilines is 1. The third-order valence-electron chi connectivity index (χ3n) is 5.56. The van der Waals surface area contributed by atoms with Gasteiger partial charge in [0.25, 0.3) is 5.91 Å². The van der Waals surface area contributed by atoms with Crippen LogP contribution >= 0.6 is 0 Å². The van der Waals surface area contributed by atoms with Crippen molar-refractivity contribution in [3.05, 3.63) is 90.0 Å². The van der Waals surface area contributed by atoms with Gasteiger partial charge in [0.15, 0.2) is 0 Å². The summed E-state index contributed by atoms with van der Waals surface area (Å²) in [7, 11) is 1.58. The van der Waals surface area contributed by atoms with Gasteiger partial charge < -0.3 is 15.0 Å². The SMILES string of the molecule is CCN(CC(=O)Nc1c(F)cccc1F)C(=O)c1cc(-c2ccc(OC)cc2)nc2ccccc12. The normalized spacial score (nSPS) is 10.7. The second-order valence-corrected chi connectivity index (χ2v) is 7.76. The number of carbonyl (C=O) groups excluding carboxylic acids is 2. The molecule has 1 aromatic heterocycles. The summed E-state index contributed by atoms with van der Waals surface area (Å²) in [5.41, 5.74) is 1.83. The largest absolute Gasteiger partial charge is 0.497 e. The number of aromatic nitrogens is 1. The summed E-state index contributed by atoms with van der Waals surface area (Å²) in [4.78, 5) is 32.1. The topological polar surface area (TPSA) is 71.5 Å². The molecule has 0 atom stereocenters. The molecule has 0 aliphatic rings. The Hall–Kier alpha value is -4.33. The monoisotopic (exact) mass is 475 g/mol. The molecule has 3 aromatic carbocycles. The van der Waals surface area contributed by atoms with Crippen LogP contribution in [0.3, 0.4) is 0 Å². The number of carbonyl (C=O) groups is 2. The van der Waals surface area contributed by atoms with Crippen LogP contribution in [0.5, 0.6) is 5.75 Å². The maximum atomic E-state index is 13.9. The van der Waals surface area contributed by atoms with Crippen LogP contribution in [0.15, 0.2) is 72.8 Å². The fraction of sp³-hybridized carbons (Fsp3) is 0.148. The maximum Gasteiger partial charge on any atom is 0.255 e. The Balaban J connectivity index is 1.65. The standard InChI is InChI=1S/C27H23F2N3O3/c1-3-32(16-25(33)31-26-21(28)8-6-9-22(26)29)27(34)20-15-24(17-11-13-18(35-2)14-12-17)30-23-10-5-4-7-19(20)23/h4-15H,3,16H2,1-2H3,(H,31,33). The predicted octanol–water partition coefficient (Wildman–Crippen LogP) is 5.29. The van der Waals surface area contributed by atoms with Crippen molar-refractivity contribution in [1.82, 2.24) is 9.88 Å². The number of methoxy groups -OCH3 is 1. The lowest BCUT2D eigenvalue weighted by Gasteiger charge is -2.22. The first-order valence-corrected chi connectivity index (χ1v) is 11.0. The van der Waals surface area contributed by atoms with Crippen LogP contribution in [0.1, 0.15) is 17.3 Å². The first kappa shape index (κ1) is 23.8. The lowest BCUT2D eigenvalue weighted by molar-refractivity contribution is -0.116. The number of fused-ring (bicyclic) bond motifs is 1. The molecular formula is C27H23F2N3O3. The van der Waals surface area contributed by atoms with Crippen molar-refractivity contribution >= 4 is 28.4 Å². The Morgan fingerprint density at radius 2 is 1.66 bits per heavy atom. The molecule has 6 nitrogen and oxygen atoms in total. The minimum absolute atomic E-state index is 0.209. The number of para-hydroxylation sites is 2. The van der Waals surface area contributed by atoms with Gasteiger partial charge in [-0.3, -0.25) is 9.59 Å². The lowest BCUT2D eigenvalue weighted by atomic mass is 10.0. The molecule has 0 radical (unpaired) electrons. The Morgan fingerprint density at radius 3 is 2.31 bits per heavy atom. The number of ether oxygens (including phenoxy) is 1. The van der Waals surface area contributed by atoms with Crippen molar-refractivity contribution in [2.75, 3.05) is 25.5 Å². The number of halogens is 2.